The first-order valence-corrected chi connectivity index (χ1v) is 5.11. The van der Waals surface area contributed by atoms with E-state index in [1.807, 2.05) is 25.1 Å². The van der Waals surface area contributed by atoms with E-state index in [0.717, 1.165) is 0 Å². The average molecular weight is 207 g/mol. The monoisotopic (exact) mass is 207 g/mol. The predicted molar refractivity (Wildman–Crippen MR) is 59.7 cm³/mol. The fraction of sp³-hybridized carbons (Fsp3) is 0.417. The second kappa shape index (κ2) is 4.94. The molecule has 2 N–H and O–H groups in total. The van der Waals surface area contributed by atoms with Gasteiger partial charge in [0.2, 0.25) is 0 Å². The molecule has 1 amide bonds. The molecule has 0 bridgehead atoms. The van der Waals surface area contributed by atoms with Crippen LogP contribution in [0.2, 0.25) is 0 Å². The molecule has 0 aromatic heterocycles. The number of benzene rings is 1. The van der Waals surface area contributed by atoms with E-state index in [1.54, 1.807) is 19.1 Å². The molecular weight excluding hydrogens is 190 g/mol. The molecule has 3 heteroatoms. The highest BCUT2D eigenvalue weighted by Gasteiger charge is 2.18. The molecule has 0 fully saturated rings. The van der Waals surface area contributed by atoms with E-state index in [-0.39, 0.29) is 12.5 Å². The summed E-state index contributed by atoms with van der Waals surface area (Å²) in [6, 6.07) is 8.98. The molecule has 15 heavy (non-hydrogen) atoms. The lowest BCUT2D eigenvalue weighted by Gasteiger charge is -2.21. The first-order chi connectivity index (χ1) is 7.05. The Labute approximate surface area is 90.1 Å². The van der Waals surface area contributed by atoms with Gasteiger partial charge in [0.25, 0.3) is 5.91 Å². The van der Waals surface area contributed by atoms with Crippen LogP contribution in [0.15, 0.2) is 30.3 Å². The zero-order valence-corrected chi connectivity index (χ0v) is 9.16. The summed E-state index contributed by atoms with van der Waals surface area (Å²) in [5.41, 5.74) is -0.214. The van der Waals surface area contributed by atoms with Crippen LogP contribution >= 0.6 is 0 Å². The van der Waals surface area contributed by atoms with Crippen molar-refractivity contribution in [3.8, 4) is 0 Å². The summed E-state index contributed by atoms with van der Waals surface area (Å²) in [5, 5.41) is 12.4. The van der Waals surface area contributed by atoms with Crippen molar-refractivity contribution >= 4 is 5.91 Å². The van der Waals surface area contributed by atoms with Crippen molar-refractivity contribution in [2.24, 2.45) is 0 Å². The van der Waals surface area contributed by atoms with E-state index >= 15 is 0 Å². The number of carbonyl (C=O) groups is 1. The molecule has 0 aliphatic heterocycles. The highest BCUT2D eigenvalue weighted by Crippen LogP contribution is 2.06. The average Bonchev–Trinajstić information content (AvgIpc) is 2.27. The second-order valence-corrected chi connectivity index (χ2v) is 3.90. The molecule has 0 saturated heterocycles. The van der Waals surface area contributed by atoms with Crippen molar-refractivity contribution in [1.82, 2.24) is 5.32 Å². The minimum absolute atomic E-state index is 0.149. The van der Waals surface area contributed by atoms with Gasteiger partial charge in [-0.05, 0) is 25.5 Å². The van der Waals surface area contributed by atoms with Gasteiger partial charge in [-0.15, -0.1) is 0 Å². The molecule has 1 aromatic rings. The number of amides is 1. The summed E-state index contributed by atoms with van der Waals surface area (Å²) < 4.78 is 0. The summed E-state index contributed by atoms with van der Waals surface area (Å²) >= 11 is 0. The molecule has 0 aliphatic carbocycles. The normalized spacial score (nSPS) is 14.3. The third-order valence-electron chi connectivity index (χ3n) is 2.43. The van der Waals surface area contributed by atoms with Crippen LogP contribution in [0.5, 0.6) is 0 Å². The number of carbonyl (C=O) groups excluding carboxylic acids is 1. The molecule has 0 spiro atoms. The highest BCUT2D eigenvalue weighted by molar-refractivity contribution is 5.94. The maximum atomic E-state index is 11.6. The van der Waals surface area contributed by atoms with Crippen LogP contribution in [0.3, 0.4) is 0 Å². The summed E-state index contributed by atoms with van der Waals surface area (Å²) in [4.78, 5) is 11.6. The lowest BCUT2D eigenvalue weighted by Crippen LogP contribution is -2.40. The minimum Gasteiger partial charge on any atom is -0.388 e. The summed E-state index contributed by atoms with van der Waals surface area (Å²) in [6.07, 6.45) is 0.613. The van der Waals surface area contributed by atoms with Crippen LogP contribution in [-0.2, 0) is 0 Å². The zero-order chi connectivity index (χ0) is 11.3. The second-order valence-electron chi connectivity index (χ2n) is 3.90. The Balaban J connectivity index is 2.51. The number of hydrogen-bond donors (Lipinski definition) is 2. The predicted octanol–water partition coefficient (Wildman–Crippen LogP) is 1.58. The smallest absolute Gasteiger partial charge is 0.251 e. The molecular formula is C12H17NO2. The van der Waals surface area contributed by atoms with Gasteiger partial charge >= 0.3 is 0 Å². The van der Waals surface area contributed by atoms with Crippen molar-refractivity contribution in [2.75, 3.05) is 6.54 Å². The minimum atomic E-state index is -0.829. The van der Waals surface area contributed by atoms with Gasteiger partial charge in [-0.1, -0.05) is 25.1 Å². The SMILES string of the molecule is CCC(C)(O)CNC(=O)c1ccccc1. The van der Waals surface area contributed by atoms with Crippen LogP contribution in [0, 0.1) is 0 Å². The van der Waals surface area contributed by atoms with E-state index < -0.39 is 5.60 Å². The lowest BCUT2D eigenvalue weighted by molar-refractivity contribution is 0.0518. The van der Waals surface area contributed by atoms with Crippen LogP contribution < -0.4 is 5.32 Å². The lowest BCUT2D eigenvalue weighted by atomic mass is 10.0. The quantitative estimate of drug-likeness (QED) is 0.787. The molecule has 0 heterocycles. The standard InChI is InChI=1S/C12H17NO2/c1-3-12(2,15)9-13-11(14)10-7-5-4-6-8-10/h4-8,15H,3,9H2,1-2H3,(H,13,14). The first-order valence-electron chi connectivity index (χ1n) is 5.11. The molecule has 3 nitrogen and oxygen atoms in total. The third-order valence-corrected chi connectivity index (χ3v) is 2.43. The third kappa shape index (κ3) is 3.72. The number of nitrogens with one attached hydrogen (secondary N) is 1. The van der Waals surface area contributed by atoms with Gasteiger partial charge in [0.1, 0.15) is 0 Å². The summed E-state index contributed by atoms with van der Waals surface area (Å²) in [5.74, 6) is -0.149. The Bertz CT molecular complexity index is 320. The topological polar surface area (TPSA) is 49.3 Å². The summed E-state index contributed by atoms with van der Waals surface area (Å²) in [7, 11) is 0. The van der Waals surface area contributed by atoms with Crippen LogP contribution in [0.1, 0.15) is 30.6 Å². The fourth-order valence-electron chi connectivity index (χ4n) is 1.09. The van der Waals surface area contributed by atoms with E-state index in [2.05, 4.69) is 5.32 Å². The number of rotatable bonds is 4. The number of hydrogen-bond acceptors (Lipinski definition) is 2. The van der Waals surface area contributed by atoms with Crippen molar-refractivity contribution < 1.29 is 9.90 Å². The van der Waals surface area contributed by atoms with Crippen molar-refractivity contribution in [1.29, 1.82) is 0 Å². The van der Waals surface area contributed by atoms with Crippen LogP contribution in [0.25, 0.3) is 0 Å². The molecule has 0 saturated carbocycles. The maximum Gasteiger partial charge on any atom is 0.251 e. The Morgan fingerprint density at radius 2 is 2.00 bits per heavy atom. The van der Waals surface area contributed by atoms with Crippen LogP contribution in [-0.4, -0.2) is 23.2 Å². The van der Waals surface area contributed by atoms with E-state index in [4.69, 9.17) is 0 Å². The Kier molecular flexibility index (Phi) is 3.86. The van der Waals surface area contributed by atoms with Gasteiger partial charge in [0.15, 0.2) is 0 Å². The van der Waals surface area contributed by atoms with Gasteiger partial charge in [-0.25, -0.2) is 0 Å². The number of aliphatic hydroxyl groups is 1. The molecule has 1 rings (SSSR count). The molecule has 82 valence electrons. The molecule has 1 atom stereocenters. The maximum absolute atomic E-state index is 11.6. The molecule has 0 radical (unpaired) electrons. The zero-order valence-electron chi connectivity index (χ0n) is 9.16. The van der Waals surface area contributed by atoms with Gasteiger partial charge < -0.3 is 10.4 Å². The van der Waals surface area contributed by atoms with E-state index in [0.29, 0.717) is 12.0 Å². The highest BCUT2D eigenvalue weighted by atomic mass is 16.3. The summed E-state index contributed by atoms with van der Waals surface area (Å²) in [6.45, 7) is 3.87. The van der Waals surface area contributed by atoms with Crippen molar-refractivity contribution in [3.63, 3.8) is 0 Å². The van der Waals surface area contributed by atoms with E-state index in [1.165, 1.54) is 0 Å². The van der Waals surface area contributed by atoms with Crippen molar-refractivity contribution in [3.05, 3.63) is 35.9 Å². The van der Waals surface area contributed by atoms with Crippen LogP contribution in [0.4, 0.5) is 0 Å². The molecule has 1 unspecified atom stereocenters. The largest absolute Gasteiger partial charge is 0.388 e. The Morgan fingerprint density at radius 1 is 1.40 bits per heavy atom. The van der Waals surface area contributed by atoms with Gasteiger partial charge in [-0.2, -0.15) is 0 Å². The van der Waals surface area contributed by atoms with E-state index in [9.17, 15) is 9.90 Å². The van der Waals surface area contributed by atoms with Crippen molar-refractivity contribution in [2.45, 2.75) is 25.9 Å². The molecule has 1 aromatic carbocycles. The Hall–Kier alpha value is -1.35. The first kappa shape index (κ1) is 11.7. The van der Waals surface area contributed by atoms with Gasteiger partial charge in [0, 0.05) is 12.1 Å². The van der Waals surface area contributed by atoms with Gasteiger partial charge in [0.05, 0.1) is 5.60 Å². The van der Waals surface area contributed by atoms with Gasteiger partial charge in [-0.3, -0.25) is 4.79 Å². The Morgan fingerprint density at radius 3 is 2.53 bits per heavy atom. The molecule has 0 aliphatic rings. The fourth-order valence-corrected chi connectivity index (χ4v) is 1.09.